The average Bonchev–Trinajstić information content (AvgIpc) is 2.84. The van der Waals surface area contributed by atoms with Gasteiger partial charge in [-0.15, -0.1) is 0 Å². The van der Waals surface area contributed by atoms with Gasteiger partial charge in [0, 0.05) is 38.1 Å². The molecule has 0 aliphatic heterocycles. The van der Waals surface area contributed by atoms with Crippen molar-refractivity contribution in [3.05, 3.63) is 65.2 Å². The summed E-state index contributed by atoms with van der Waals surface area (Å²) in [6, 6.07) is 14.8. The lowest BCUT2D eigenvalue weighted by Gasteiger charge is -2.31. The van der Waals surface area contributed by atoms with Gasteiger partial charge in [0.25, 0.3) is 0 Å². The van der Waals surface area contributed by atoms with Crippen molar-refractivity contribution in [1.82, 2.24) is 14.5 Å². The van der Waals surface area contributed by atoms with Crippen LogP contribution in [0.1, 0.15) is 45.1 Å². The van der Waals surface area contributed by atoms with Crippen LogP contribution in [0.5, 0.6) is 0 Å². The Morgan fingerprint density at radius 2 is 1.68 bits per heavy atom. The topological polar surface area (TPSA) is 86.8 Å². The van der Waals surface area contributed by atoms with E-state index in [4.69, 9.17) is 11.6 Å². The minimum Gasteiger partial charge on any atom is -0.354 e. The monoisotopic (exact) mass is 507 g/mol. The standard InChI is InChI=1S/C25H34ClN3O4S/c1-4-17-27-25(31)23(5-2)29(19-20-12-9-10-15-22(20)26)24(30)16-11-18-28(3)34(32,33)21-13-7-6-8-14-21/h6-10,12-15,23H,4-5,11,16-19H2,1-3H3,(H,27,31). The third-order valence-electron chi connectivity index (χ3n) is 5.55. The van der Waals surface area contributed by atoms with E-state index in [0.29, 0.717) is 24.4 Å². The third-order valence-corrected chi connectivity index (χ3v) is 7.79. The van der Waals surface area contributed by atoms with Crippen LogP contribution in [0.2, 0.25) is 5.02 Å². The Morgan fingerprint density at radius 1 is 1.03 bits per heavy atom. The molecular weight excluding hydrogens is 474 g/mol. The van der Waals surface area contributed by atoms with E-state index in [1.807, 2.05) is 32.0 Å². The Hall–Kier alpha value is -2.42. The maximum atomic E-state index is 13.3. The molecule has 1 atom stereocenters. The number of halogens is 1. The lowest BCUT2D eigenvalue weighted by molar-refractivity contribution is -0.141. The van der Waals surface area contributed by atoms with E-state index in [0.717, 1.165) is 12.0 Å². The molecule has 0 radical (unpaired) electrons. The van der Waals surface area contributed by atoms with Gasteiger partial charge in [-0.05, 0) is 43.0 Å². The van der Waals surface area contributed by atoms with E-state index >= 15 is 0 Å². The Kier molecular flexibility index (Phi) is 11.0. The summed E-state index contributed by atoms with van der Waals surface area (Å²) in [7, 11) is -2.13. The highest BCUT2D eigenvalue weighted by atomic mass is 35.5. The van der Waals surface area contributed by atoms with Crippen molar-refractivity contribution in [2.45, 2.75) is 57.0 Å². The van der Waals surface area contributed by atoms with Gasteiger partial charge in [0.2, 0.25) is 21.8 Å². The molecule has 1 unspecified atom stereocenters. The molecule has 9 heteroatoms. The van der Waals surface area contributed by atoms with Gasteiger partial charge in [-0.3, -0.25) is 9.59 Å². The first-order valence-electron chi connectivity index (χ1n) is 11.5. The molecular formula is C25H34ClN3O4S. The number of benzene rings is 2. The van der Waals surface area contributed by atoms with E-state index in [9.17, 15) is 18.0 Å². The Balaban J connectivity index is 2.12. The third kappa shape index (κ3) is 7.55. The molecule has 0 spiro atoms. The van der Waals surface area contributed by atoms with Crippen LogP contribution < -0.4 is 5.32 Å². The van der Waals surface area contributed by atoms with Gasteiger partial charge in [-0.2, -0.15) is 0 Å². The number of rotatable bonds is 13. The van der Waals surface area contributed by atoms with Crippen molar-refractivity contribution < 1.29 is 18.0 Å². The molecule has 2 aromatic carbocycles. The second-order valence-electron chi connectivity index (χ2n) is 8.07. The second-order valence-corrected chi connectivity index (χ2v) is 10.5. The van der Waals surface area contributed by atoms with Crippen LogP contribution >= 0.6 is 11.6 Å². The molecule has 0 aliphatic carbocycles. The van der Waals surface area contributed by atoms with Gasteiger partial charge < -0.3 is 10.2 Å². The number of nitrogens with one attached hydrogen (secondary N) is 1. The number of carbonyl (C=O) groups excluding carboxylic acids is 2. The lowest BCUT2D eigenvalue weighted by atomic mass is 10.1. The van der Waals surface area contributed by atoms with E-state index in [1.165, 1.54) is 11.4 Å². The SMILES string of the molecule is CCCNC(=O)C(CC)N(Cc1ccccc1Cl)C(=O)CCCN(C)S(=O)(=O)c1ccccc1. The predicted molar refractivity (Wildman–Crippen MR) is 135 cm³/mol. The van der Waals surface area contributed by atoms with Crippen LogP contribution in [0.4, 0.5) is 0 Å². The molecule has 2 amide bonds. The van der Waals surface area contributed by atoms with Gasteiger partial charge in [-0.25, -0.2) is 12.7 Å². The average molecular weight is 508 g/mol. The number of hydrogen-bond acceptors (Lipinski definition) is 4. The Bertz CT molecular complexity index is 1050. The predicted octanol–water partition coefficient (Wildman–Crippen LogP) is 4.07. The minimum atomic E-state index is -3.63. The normalized spacial score (nSPS) is 12.4. The van der Waals surface area contributed by atoms with Crippen molar-refractivity contribution in [2.75, 3.05) is 20.1 Å². The summed E-state index contributed by atoms with van der Waals surface area (Å²) in [4.78, 5) is 27.8. The van der Waals surface area contributed by atoms with Crippen molar-refractivity contribution in [3.8, 4) is 0 Å². The van der Waals surface area contributed by atoms with Gasteiger partial charge >= 0.3 is 0 Å². The largest absolute Gasteiger partial charge is 0.354 e. The van der Waals surface area contributed by atoms with Gasteiger partial charge in [-0.1, -0.05) is 61.8 Å². The summed E-state index contributed by atoms with van der Waals surface area (Å²) in [5.41, 5.74) is 0.753. The second kappa shape index (κ2) is 13.5. The van der Waals surface area contributed by atoms with Crippen molar-refractivity contribution >= 4 is 33.4 Å². The Labute approximate surface area is 208 Å². The molecule has 0 fully saturated rings. The van der Waals surface area contributed by atoms with Crippen LogP contribution in [-0.4, -0.2) is 55.6 Å². The van der Waals surface area contributed by atoms with Crippen LogP contribution in [0.25, 0.3) is 0 Å². The van der Waals surface area contributed by atoms with Crippen LogP contribution in [0.15, 0.2) is 59.5 Å². The van der Waals surface area contributed by atoms with Crippen molar-refractivity contribution in [1.29, 1.82) is 0 Å². The minimum absolute atomic E-state index is 0.108. The highest BCUT2D eigenvalue weighted by Crippen LogP contribution is 2.21. The quantitative estimate of drug-likeness (QED) is 0.442. The van der Waals surface area contributed by atoms with E-state index in [2.05, 4.69) is 5.32 Å². The molecule has 0 heterocycles. The van der Waals surface area contributed by atoms with Gasteiger partial charge in [0.15, 0.2) is 0 Å². The Morgan fingerprint density at radius 3 is 2.29 bits per heavy atom. The number of amides is 2. The maximum Gasteiger partial charge on any atom is 0.242 e. The first-order chi connectivity index (χ1) is 16.2. The highest BCUT2D eigenvalue weighted by Gasteiger charge is 2.29. The summed E-state index contributed by atoms with van der Waals surface area (Å²) in [6.45, 7) is 4.75. The van der Waals surface area contributed by atoms with E-state index in [1.54, 1.807) is 41.3 Å². The number of carbonyl (C=O) groups is 2. The van der Waals surface area contributed by atoms with Crippen LogP contribution in [-0.2, 0) is 26.2 Å². The first kappa shape index (κ1) is 27.8. The summed E-state index contributed by atoms with van der Waals surface area (Å²) in [6.07, 6.45) is 1.68. The zero-order valence-electron chi connectivity index (χ0n) is 20.0. The molecule has 0 bridgehead atoms. The summed E-state index contributed by atoms with van der Waals surface area (Å²) in [5, 5.41) is 3.40. The fraction of sp³-hybridized carbons (Fsp3) is 0.440. The van der Waals surface area contributed by atoms with Crippen molar-refractivity contribution in [2.24, 2.45) is 0 Å². The van der Waals surface area contributed by atoms with Crippen molar-refractivity contribution in [3.63, 3.8) is 0 Å². The molecule has 1 N–H and O–H groups in total. The molecule has 0 aliphatic rings. The smallest absolute Gasteiger partial charge is 0.242 e. The molecule has 2 rings (SSSR count). The maximum absolute atomic E-state index is 13.3. The number of sulfonamides is 1. The number of hydrogen-bond donors (Lipinski definition) is 1. The first-order valence-corrected chi connectivity index (χ1v) is 13.4. The van der Waals surface area contributed by atoms with Gasteiger partial charge in [0.05, 0.1) is 4.90 Å². The van der Waals surface area contributed by atoms with Crippen LogP contribution in [0, 0.1) is 0 Å². The molecule has 2 aromatic rings. The molecule has 0 aromatic heterocycles. The summed E-state index contributed by atoms with van der Waals surface area (Å²) in [5.74, 6) is -0.419. The van der Waals surface area contributed by atoms with E-state index < -0.39 is 16.1 Å². The van der Waals surface area contributed by atoms with E-state index in [-0.39, 0.29) is 36.2 Å². The highest BCUT2D eigenvalue weighted by molar-refractivity contribution is 7.89. The molecule has 0 saturated heterocycles. The zero-order chi connectivity index (χ0) is 25.1. The zero-order valence-corrected chi connectivity index (χ0v) is 21.6. The molecule has 34 heavy (non-hydrogen) atoms. The number of nitrogens with zero attached hydrogens (tertiary/aromatic N) is 2. The summed E-state index contributed by atoms with van der Waals surface area (Å²) >= 11 is 6.33. The fourth-order valence-electron chi connectivity index (χ4n) is 3.58. The lowest BCUT2D eigenvalue weighted by Crippen LogP contribution is -2.49. The van der Waals surface area contributed by atoms with Crippen LogP contribution in [0.3, 0.4) is 0 Å². The fourth-order valence-corrected chi connectivity index (χ4v) is 5.01. The molecule has 0 saturated carbocycles. The molecule has 7 nitrogen and oxygen atoms in total. The summed E-state index contributed by atoms with van der Waals surface area (Å²) < 4.78 is 26.7. The molecule has 186 valence electrons. The van der Waals surface area contributed by atoms with Gasteiger partial charge in [0.1, 0.15) is 6.04 Å².